The van der Waals surface area contributed by atoms with Crippen LogP contribution >= 0.6 is 0 Å². The first-order valence-corrected chi connectivity index (χ1v) is 15.8. The number of piperidine rings is 1. The Morgan fingerprint density at radius 3 is 2.44 bits per heavy atom. The van der Waals surface area contributed by atoms with E-state index in [0.717, 1.165) is 89.5 Å². The first kappa shape index (κ1) is 31.5. The van der Waals surface area contributed by atoms with E-state index >= 15 is 0 Å². The summed E-state index contributed by atoms with van der Waals surface area (Å²) in [5.41, 5.74) is 2.16. The van der Waals surface area contributed by atoms with Gasteiger partial charge in [-0.3, -0.25) is 0 Å². The average Bonchev–Trinajstić information content (AvgIpc) is 2.96. The van der Waals surface area contributed by atoms with Gasteiger partial charge in [-0.05, 0) is 86.9 Å². The molecule has 0 amide bonds. The number of aliphatic hydroxyl groups excluding tert-OH is 2. The second kappa shape index (κ2) is 16.9. The minimum Gasteiger partial charge on any atom is -0.508 e. The first-order valence-electron chi connectivity index (χ1n) is 14.4. The molecule has 218 valence electrons. The smallest absolute Gasteiger partial charge is 0.243 e. The number of aromatic hydroxyl groups is 1. The lowest BCUT2D eigenvalue weighted by Gasteiger charge is -2.26. The van der Waals surface area contributed by atoms with Gasteiger partial charge in [0.25, 0.3) is 0 Å². The maximum atomic E-state index is 12.9. The van der Waals surface area contributed by atoms with Gasteiger partial charge in [0.05, 0.1) is 17.6 Å². The van der Waals surface area contributed by atoms with Crippen LogP contribution in [0.2, 0.25) is 0 Å². The summed E-state index contributed by atoms with van der Waals surface area (Å²) in [5.74, 6) is 0.0362. The zero-order chi connectivity index (χ0) is 27.9. The first-order chi connectivity index (χ1) is 18.9. The highest BCUT2D eigenvalue weighted by Gasteiger charge is 2.25. The van der Waals surface area contributed by atoms with E-state index in [-0.39, 0.29) is 12.4 Å². The number of nitrogens with zero attached hydrogens (tertiary/aromatic N) is 1. The van der Waals surface area contributed by atoms with E-state index in [2.05, 4.69) is 5.32 Å². The number of aliphatic hydroxyl groups is 2. The predicted molar refractivity (Wildman–Crippen MR) is 153 cm³/mol. The van der Waals surface area contributed by atoms with Crippen LogP contribution in [0.3, 0.4) is 0 Å². The summed E-state index contributed by atoms with van der Waals surface area (Å²) < 4.78 is 33.2. The largest absolute Gasteiger partial charge is 0.508 e. The molecule has 0 saturated carbocycles. The van der Waals surface area contributed by atoms with Gasteiger partial charge in [0.1, 0.15) is 5.75 Å². The highest BCUT2D eigenvalue weighted by atomic mass is 32.2. The van der Waals surface area contributed by atoms with Crippen LogP contribution < -0.4 is 5.32 Å². The van der Waals surface area contributed by atoms with Crippen LogP contribution in [0.5, 0.6) is 5.75 Å². The predicted octanol–water partition coefficient (Wildman–Crippen LogP) is 4.28. The van der Waals surface area contributed by atoms with Crippen molar-refractivity contribution in [3.63, 3.8) is 0 Å². The van der Waals surface area contributed by atoms with E-state index < -0.39 is 16.1 Å². The molecule has 0 unspecified atom stereocenters. The van der Waals surface area contributed by atoms with Crippen molar-refractivity contribution >= 4 is 10.0 Å². The van der Waals surface area contributed by atoms with Gasteiger partial charge >= 0.3 is 0 Å². The molecule has 3 rings (SSSR count). The van der Waals surface area contributed by atoms with Crippen molar-refractivity contribution in [1.29, 1.82) is 0 Å². The number of hydrogen-bond acceptors (Lipinski definition) is 7. The van der Waals surface area contributed by atoms with Crippen molar-refractivity contribution in [3.8, 4) is 5.75 Å². The van der Waals surface area contributed by atoms with Gasteiger partial charge < -0.3 is 25.4 Å². The Morgan fingerprint density at radius 2 is 1.67 bits per heavy atom. The summed E-state index contributed by atoms with van der Waals surface area (Å²) >= 11 is 0. The summed E-state index contributed by atoms with van der Waals surface area (Å²) in [5, 5.41) is 32.4. The molecule has 2 aromatic rings. The molecule has 4 N–H and O–H groups in total. The van der Waals surface area contributed by atoms with Crippen molar-refractivity contribution in [1.82, 2.24) is 9.62 Å². The molecule has 2 aromatic carbocycles. The molecule has 1 aliphatic heterocycles. The zero-order valence-electron chi connectivity index (χ0n) is 23.1. The van der Waals surface area contributed by atoms with Crippen LogP contribution in [0.4, 0.5) is 0 Å². The molecule has 0 aliphatic carbocycles. The van der Waals surface area contributed by atoms with Gasteiger partial charge in [-0.1, -0.05) is 37.5 Å². The monoisotopic (exact) mass is 562 g/mol. The fourth-order valence-corrected chi connectivity index (χ4v) is 6.44. The van der Waals surface area contributed by atoms with Gasteiger partial charge in [0.15, 0.2) is 0 Å². The maximum absolute atomic E-state index is 12.9. The summed E-state index contributed by atoms with van der Waals surface area (Å²) in [7, 11) is -3.38. The number of ether oxygens (including phenoxy) is 1. The van der Waals surface area contributed by atoms with E-state index in [4.69, 9.17) is 4.74 Å². The standard InChI is InChI=1S/C30H46N2O6S/c33-24-27-22-26(14-15-29(27)34)30(35)23-31-16-5-1-2-8-19-38-20-9-4-11-25-12-10-13-28(21-25)39(36,37)32-17-6-3-7-18-32/h10,12-15,21-22,30-31,33-35H,1-9,11,16-20,23-24H2/t30-/m0/s1. The number of hydrogen-bond donors (Lipinski definition) is 4. The van der Waals surface area contributed by atoms with Crippen LogP contribution in [0.25, 0.3) is 0 Å². The van der Waals surface area contributed by atoms with E-state index in [1.54, 1.807) is 22.5 Å². The minimum atomic E-state index is -3.38. The van der Waals surface area contributed by atoms with E-state index in [0.29, 0.717) is 35.7 Å². The molecule has 1 saturated heterocycles. The molecular weight excluding hydrogens is 516 g/mol. The van der Waals surface area contributed by atoms with Crippen molar-refractivity contribution < 1.29 is 28.5 Å². The molecule has 9 heteroatoms. The van der Waals surface area contributed by atoms with Crippen LogP contribution in [0.15, 0.2) is 47.4 Å². The lowest BCUT2D eigenvalue weighted by Crippen LogP contribution is -2.35. The summed E-state index contributed by atoms with van der Waals surface area (Å²) in [4.78, 5) is 0.415. The number of unbranched alkanes of at least 4 members (excludes halogenated alkanes) is 4. The molecular formula is C30H46N2O6S. The van der Waals surface area contributed by atoms with Crippen LogP contribution in [-0.2, 0) is 27.8 Å². The van der Waals surface area contributed by atoms with Crippen molar-refractivity contribution in [2.24, 2.45) is 0 Å². The van der Waals surface area contributed by atoms with Crippen LogP contribution in [-0.4, -0.2) is 67.4 Å². The fourth-order valence-electron chi connectivity index (χ4n) is 4.85. The van der Waals surface area contributed by atoms with Gasteiger partial charge in [-0.2, -0.15) is 4.31 Å². The molecule has 0 aromatic heterocycles. The summed E-state index contributed by atoms with van der Waals surface area (Å²) in [6.07, 6.45) is 9.33. The number of rotatable bonds is 18. The van der Waals surface area contributed by atoms with Crippen LogP contribution in [0, 0.1) is 0 Å². The molecule has 39 heavy (non-hydrogen) atoms. The van der Waals surface area contributed by atoms with Crippen LogP contribution in [0.1, 0.15) is 80.6 Å². The highest BCUT2D eigenvalue weighted by Crippen LogP contribution is 2.23. The molecule has 1 atom stereocenters. The van der Waals surface area contributed by atoms with E-state index in [1.807, 2.05) is 18.2 Å². The van der Waals surface area contributed by atoms with Gasteiger partial charge in [-0.15, -0.1) is 0 Å². The van der Waals surface area contributed by atoms with E-state index in [1.165, 1.54) is 6.07 Å². The maximum Gasteiger partial charge on any atom is 0.243 e. The molecule has 1 heterocycles. The Hall–Kier alpha value is -2.01. The third kappa shape index (κ3) is 10.5. The topological polar surface area (TPSA) is 119 Å². The molecule has 1 fully saturated rings. The van der Waals surface area contributed by atoms with Gasteiger partial charge in [-0.25, -0.2) is 8.42 Å². The van der Waals surface area contributed by atoms with Crippen molar-refractivity contribution in [2.75, 3.05) is 39.4 Å². The third-order valence-corrected chi connectivity index (χ3v) is 9.14. The Labute approximate surface area is 234 Å². The lowest BCUT2D eigenvalue weighted by molar-refractivity contribution is 0.126. The number of sulfonamides is 1. The Balaban J connectivity index is 1.18. The van der Waals surface area contributed by atoms with Gasteiger partial charge in [0.2, 0.25) is 10.0 Å². The quantitative estimate of drug-likeness (QED) is 0.200. The molecule has 1 aliphatic rings. The fraction of sp³-hybridized carbons (Fsp3) is 0.600. The Kier molecular flexibility index (Phi) is 13.7. The number of nitrogens with one attached hydrogen (secondary N) is 1. The zero-order valence-corrected chi connectivity index (χ0v) is 23.9. The summed E-state index contributed by atoms with van der Waals surface area (Å²) in [6.45, 7) is 3.72. The van der Waals surface area contributed by atoms with Gasteiger partial charge in [0, 0.05) is 38.4 Å². The third-order valence-electron chi connectivity index (χ3n) is 7.24. The second-order valence-corrected chi connectivity index (χ2v) is 12.3. The molecule has 0 bridgehead atoms. The number of benzene rings is 2. The summed E-state index contributed by atoms with van der Waals surface area (Å²) in [6, 6.07) is 12.2. The highest BCUT2D eigenvalue weighted by molar-refractivity contribution is 7.89. The minimum absolute atomic E-state index is 0.0362. The average molecular weight is 563 g/mol. The number of aryl methyl sites for hydroxylation is 1. The lowest BCUT2D eigenvalue weighted by atomic mass is 10.1. The molecule has 8 nitrogen and oxygen atoms in total. The van der Waals surface area contributed by atoms with Crippen molar-refractivity contribution in [2.45, 2.75) is 81.8 Å². The van der Waals surface area contributed by atoms with E-state index in [9.17, 15) is 23.7 Å². The Bertz CT molecular complexity index is 1090. The Morgan fingerprint density at radius 1 is 0.923 bits per heavy atom. The normalized spacial score (nSPS) is 15.4. The SMILES string of the molecule is O=S(=O)(c1cccc(CCCCOCCCCCCNC[C@H](O)c2ccc(O)c(CO)c2)c1)N1CCCCC1. The molecule has 0 spiro atoms. The number of phenols is 1. The molecule has 0 radical (unpaired) electrons. The second-order valence-electron chi connectivity index (χ2n) is 10.4. The van der Waals surface area contributed by atoms with Crippen molar-refractivity contribution in [3.05, 3.63) is 59.2 Å².